The van der Waals surface area contributed by atoms with E-state index in [1.807, 2.05) is 13.8 Å². The average Bonchev–Trinajstić information content (AvgIpc) is 2.39. The van der Waals surface area contributed by atoms with E-state index >= 15 is 0 Å². The fraction of sp³-hybridized carbons (Fsp3) is 0.462. The summed E-state index contributed by atoms with van der Waals surface area (Å²) in [5.41, 5.74) is 0. The second-order valence-electron chi connectivity index (χ2n) is 4.16. The van der Waals surface area contributed by atoms with Gasteiger partial charge < -0.3 is 4.90 Å². The molecule has 1 amide bonds. The van der Waals surface area contributed by atoms with Crippen molar-refractivity contribution in [3.63, 3.8) is 0 Å². The predicted octanol–water partition coefficient (Wildman–Crippen LogP) is 2.37. The lowest BCUT2D eigenvalue weighted by atomic mass is 10.3. The Kier molecular flexibility index (Phi) is 5.38. The van der Waals surface area contributed by atoms with Gasteiger partial charge >= 0.3 is 0 Å². The minimum atomic E-state index is -3.70. The van der Waals surface area contributed by atoms with Gasteiger partial charge in [-0.2, -0.15) is 0 Å². The smallest absolute Gasteiger partial charge is 0.240 e. The molecule has 0 bridgehead atoms. The Morgan fingerprint density at radius 2 is 1.89 bits per heavy atom. The third-order valence-electron chi connectivity index (χ3n) is 3.01. The van der Waals surface area contributed by atoms with Crippen molar-refractivity contribution in [3.05, 3.63) is 29.3 Å². The molecule has 0 saturated carbocycles. The maximum absolute atomic E-state index is 12.4. The zero-order valence-corrected chi connectivity index (χ0v) is 12.8. The Balaban J connectivity index is 3.10. The van der Waals surface area contributed by atoms with Gasteiger partial charge in [0.15, 0.2) is 9.84 Å². The van der Waals surface area contributed by atoms with Gasteiger partial charge in [-0.3, -0.25) is 4.79 Å². The highest BCUT2D eigenvalue weighted by molar-refractivity contribution is 7.92. The molecular formula is C13H18ClNO3S. The van der Waals surface area contributed by atoms with E-state index in [1.54, 1.807) is 12.1 Å². The van der Waals surface area contributed by atoms with Crippen LogP contribution in [0.15, 0.2) is 29.2 Å². The first-order valence-electron chi connectivity index (χ1n) is 6.12. The predicted molar refractivity (Wildman–Crippen MR) is 76.0 cm³/mol. The quantitative estimate of drug-likeness (QED) is 0.839. The molecule has 0 N–H and O–H groups in total. The van der Waals surface area contributed by atoms with E-state index in [4.69, 9.17) is 11.6 Å². The summed E-state index contributed by atoms with van der Waals surface area (Å²) in [6, 6.07) is 5.97. The van der Waals surface area contributed by atoms with Gasteiger partial charge in [-0.1, -0.05) is 17.7 Å². The standard InChI is InChI=1S/C13H18ClNO3S/c1-4-15(5-2)13(16)10(3)19(17,18)12-8-6-7-11(14)9-12/h6-10H,4-5H2,1-3H3/t10-/m0/s1. The molecule has 1 rings (SSSR count). The second kappa shape index (κ2) is 6.39. The van der Waals surface area contributed by atoms with Crippen LogP contribution in [-0.4, -0.2) is 37.6 Å². The normalized spacial score (nSPS) is 13.1. The molecule has 0 aromatic heterocycles. The molecule has 6 heteroatoms. The van der Waals surface area contributed by atoms with Crippen molar-refractivity contribution in [2.24, 2.45) is 0 Å². The number of hydrogen-bond acceptors (Lipinski definition) is 3. The first kappa shape index (κ1) is 16.0. The summed E-state index contributed by atoms with van der Waals surface area (Å²) in [5.74, 6) is -0.384. The molecule has 19 heavy (non-hydrogen) atoms. The molecule has 1 aromatic rings. The largest absolute Gasteiger partial charge is 0.342 e. The Morgan fingerprint density at radius 1 is 1.32 bits per heavy atom. The molecule has 0 unspecified atom stereocenters. The lowest BCUT2D eigenvalue weighted by molar-refractivity contribution is -0.130. The number of amides is 1. The molecule has 106 valence electrons. The topological polar surface area (TPSA) is 54.5 Å². The van der Waals surface area contributed by atoms with Gasteiger partial charge in [0.05, 0.1) is 4.90 Å². The lowest BCUT2D eigenvalue weighted by Gasteiger charge is -2.22. The Labute approximate surface area is 119 Å². The van der Waals surface area contributed by atoms with Crippen LogP contribution in [0.1, 0.15) is 20.8 Å². The van der Waals surface area contributed by atoms with Crippen molar-refractivity contribution in [1.82, 2.24) is 4.90 Å². The van der Waals surface area contributed by atoms with Crippen molar-refractivity contribution in [3.8, 4) is 0 Å². The summed E-state index contributed by atoms with van der Waals surface area (Å²) in [5, 5.41) is -0.769. The Bertz CT molecular complexity index is 553. The van der Waals surface area contributed by atoms with Crippen LogP contribution in [0.4, 0.5) is 0 Å². The minimum Gasteiger partial charge on any atom is -0.342 e. The molecule has 4 nitrogen and oxygen atoms in total. The number of hydrogen-bond donors (Lipinski definition) is 0. The van der Waals surface area contributed by atoms with Crippen LogP contribution in [0.25, 0.3) is 0 Å². The van der Waals surface area contributed by atoms with Crippen LogP contribution < -0.4 is 0 Å². The zero-order valence-electron chi connectivity index (χ0n) is 11.3. The first-order chi connectivity index (χ1) is 8.84. The molecule has 0 aliphatic rings. The van der Waals surface area contributed by atoms with Crippen LogP contribution in [0.3, 0.4) is 0 Å². The van der Waals surface area contributed by atoms with Gasteiger partial charge in [-0.25, -0.2) is 8.42 Å². The maximum atomic E-state index is 12.4. The van der Waals surface area contributed by atoms with Crippen LogP contribution >= 0.6 is 11.6 Å². The molecule has 0 saturated heterocycles. The second-order valence-corrected chi connectivity index (χ2v) is 6.86. The molecule has 0 radical (unpaired) electrons. The van der Waals surface area contributed by atoms with Gasteiger partial charge in [0, 0.05) is 18.1 Å². The number of carbonyl (C=O) groups is 1. The van der Waals surface area contributed by atoms with Crippen LogP contribution in [-0.2, 0) is 14.6 Å². The number of sulfone groups is 1. The molecule has 0 aliphatic heterocycles. The number of benzene rings is 1. The van der Waals surface area contributed by atoms with Crippen LogP contribution in [0.5, 0.6) is 0 Å². The van der Waals surface area contributed by atoms with E-state index < -0.39 is 15.1 Å². The summed E-state index contributed by atoms with van der Waals surface area (Å²) in [6.45, 7) is 6.03. The lowest BCUT2D eigenvalue weighted by Crippen LogP contribution is -2.41. The summed E-state index contributed by atoms with van der Waals surface area (Å²) in [6.07, 6.45) is 0. The van der Waals surface area contributed by atoms with Gasteiger partial charge in [0.25, 0.3) is 0 Å². The number of rotatable bonds is 5. The molecule has 1 aromatic carbocycles. The van der Waals surface area contributed by atoms with E-state index in [2.05, 4.69) is 0 Å². The molecule has 0 aliphatic carbocycles. The summed E-state index contributed by atoms with van der Waals surface area (Å²) >= 11 is 5.79. The van der Waals surface area contributed by atoms with Crippen LogP contribution in [0.2, 0.25) is 5.02 Å². The minimum absolute atomic E-state index is 0.0769. The first-order valence-corrected chi connectivity index (χ1v) is 8.05. The highest BCUT2D eigenvalue weighted by Gasteiger charge is 2.32. The van der Waals surface area contributed by atoms with Crippen molar-refractivity contribution in [1.29, 1.82) is 0 Å². The summed E-state index contributed by atoms with van der Waals surface area (Å²) < 4.78 is 24.7. The number of halogens is 1. The van der Waals surface area contributed by atoms with E-state index in [-0.39, 0.29) is 10.8 Å². The van der Waals surface area contributed by atoms with Crippen molar-refractivity contribution >= 4 is 27.3 Å². The van der Waals surface area contributed by atoms with E-state index in [1.165, 1.54) is 24.0 Å². The van der Waals surface area contributed by atoms with E-state index in [0.29, 0.717) is 18.1 Å². The van der Waals surface area contributed by atoms with Gasteiger partial charge in [-0.05, 0) is 39.0 Å². The van der Waals surface area contributed by atoms with E-state index in [9.17, 15) is 13.2 Å². The van der Waals surface area contributed by atoms with E-state index in [0.717, 1.165) is 0 Å². The summed E-state index contributed by atoms with van der Waals surface area (Å²) in [4.78, 5) is 13.7. The molecular weight excluding hydrogens is 286 g/mol. The SMILES string of the molecule is CCN(CC)C(=O)[C@H](C)S(=O)(=O)c1cccc(Cl)c1. The monoisotopic (exact) mass is 303 g/mol. The highest BCUT2D eigenvalue weighted by Crippen LogP contribution is 2.21. The maximum Gasteiger partial charge on any atom is 0.240 e. The fourth-order valence-electron chi connectivity index (χ4n) is 1.77. The third kappa shape index (κ3) is 3.48. The molecule has 1 atom stereocenters. The third-order valence-corrected chi connectivity index (χ3v) is 5.29. The average molecular weight is 304 g/mol. The van der Waals surface area contributed by atoms with Crippen molar-refractivity contribution < 1.29 is 13.2 Å². The van der Waals surface area contributed by atoms with Crippen molar-refractivity contribution in [2.45, 2.75) is 30.9 Å². The fourth-order valence-corrected chi connectivity index (χ4v) is 3.41. The highest BCUT2D eigenvalue weighted by atomic mass is 35.5. The van der Waals surface area contributed by atoms with Gasteiger partial charge in [0.2, 0.25) is 5.91 Å². The Hall–Kier alpha value is -1.07. The van der Waals surface area contributed by atoms with Gasteiger partial charge in [-0.15, -0.1) is 0 Å². The molecule has 0 heterocycles. The zero-order chi connectivity index (χ0) is 14.6. The summed E-state index contributed by atoms with van der Waals surface area (Å²) in [7, 11) is -3.70. The Morgan fingerprint density at radius 3 is 2.37 bits per heavy atom. The molecule has 0 spiro atoms. The molecule has 0 fully saturated rings. The number of nitrogens with zero attached hydrogens (tertiary/aromatic N) is 1. The van der Waals surface area contributed by atoms with Crippen molar-refractivity contribution in [2.75, 3.05) is 13.1 Å². The van der Waals surface area contributed by atoms with Gasteiger partial charge in [0.1, 0.15) is 5.25 Å². The number of carbonyl (C=O) groups excluding carboxylic acids is 1. The van der Waals surface area contributed by atoms with Crippen LogP contribution in [0, 0.1) is 0 Å².